The minimum Gasteiger partial charge on any atom is -0.490 e. The molecule has 0 saturated carbocycles. The van der Waals surface area contributed by atoms with E-state index in [-0.39, 0.29) is 23.0 Å². The Morgan fingerprint density at radius 3 is 1.02 bits per heavy atom. The summed E-state index contributed by atoms with van der Waals surface area (Å²) in [7, 11) is 0. The highest BCUT2D eigenvalue weighted by atomic mass is 16.6. The van der Waals surface area contributed by atoms with Crippen molar-refractivity contribution in [3.05, 3.63) is 193 Å². The van der Waals surface area contributed by atoms with Crippen molar-refractivity contribution >= 4 is 0 Å². The molecule has 0 bridgehead atoms. The van der Waals surface area contributed by atoms with Crippen LogP contribution in [0.2, 0.25) is 0 Å². The van der Waals surface area contributed by atoms with Gasteiger partial charge in [-0.15, -0.1) is 0 Å². The molecule has 0 spiro atoms. The molecule has 4 nitrogen and oxygen atoms in total. The van der Waals surface area contributed by atoms with Crippen LogP contribution in [0.5, 0.6) is 0 Å². The van der Waals surface area contributed by atoms with Gasteiger partial charge in [0, 0.05) is 0 Å². The van der Waals surface area contributed by atoms with Crippen LogP contribution in [0.1, 0.15) is 5.48 Å². The SMILES string of the molecule is [2H]C([2H])(OC1=C/C=C\C=C/C=C\1)C(OC1=C/C=C\C=C/C=C\1)C(OC1=C/C=C\C=C/C=C\1)C([2H])([2H])OC1=C/C=C\C=C/C=C\1. The van der Waals surface area contributed by atoms with Crippen LogP contribution in [0.4, 0.5) is 0 Å². The highest BCUT2D eigenvalue weighted by molar-refractivity contribution is 5.31. The van der Waals surface area contributed by atoms with E-state index in [1.807, 2.05) is 24.3 Å². The van der Waals surface area contributed by atoms with Gasteiger partial charge in [0.25, 0.3) is 0 Å². The van der Waals surface area contributed by atoms with Gasteiger partial charge in [-0.05, 0) is 48.6 Å². The molecule has 4 aliphatic rings. The first-order valence-electron chi connectivity index (χ1n) is 14.9. The molecule has 202 valence electrons. The van der Waals surface area contributed by atoms with Gasteiger partial charge in [0.15, 0.2) is 12.2 Å². The molecule has 0 amide bonds. The van der Waals surface area contributed by atoms with Crippen molar-refractivity contribution in [1.82, 2.24) is 0 Å². The van der Waals surface area contributed by atoms with Crippen LogP contribution in [0.25, 0.3) is 0 Å². The highest BCUT2D eigenvalue weighted by Crippen LogP contribution is 2.20. The number of hydrogen-bond acceptors (Lipinski definition) is 4. The lowest BCUT2D eigenvalue weighted by molar-refractivity contribution is -0.0715. The molecule has 4 heteroatoms. The van der Waals surface area contributed by atoms with Crippen LogP contribution in [0, 0.1) is 0 Å². The van der Waals surface area contributed by atoms with Crippen LogP contribution in [-0.2, 0) is 18.9 Å². The number of rotatable bonds is 11. The zero-order valence-electron chi connectivity index (χ0n) is 26.0. The van der Waals surface area contributed by atoms with Crippen molar-refractivity contribution in [2.45, 2.75) is 12.2 Å². The molecular formula is C36H34O4. The van der Waals surface area contributed by atoms with Gasteiger partial charge in [0.1, 0.15) is 36.2 Å². The molecule has 2 unspecified atom stereocenters. The molecule has 4 rings (SSSR count). The van der Waals surface area contributed by atoms with Crippen LogP contribution in [-0.4, -0.2) is 25.3 Å². The van der Waals surface area contributed by atoms with E-state index in [9.17, 15) is 0 Å². The average Bonchev–Trinajstić information content (AvgIpc) is 2.91. The zero-order valence-corrected chi connectivity index (χ0v) is 22.0. The molecule has 2 atom stereocenters. The predicted octanol–water partition coefficient (Wildman–Crippen LogP) is 8.05. The Balaban J connectivity index is 1.80. The number of hydrogen-bond donors (Lipinski definition) is 0. The van der Waals surface area contributed by atoms with E-state index in [1.54, 1.807) is 146 Å². The molecule has 0 heterocycles. The molecule has 0 aliphatic heterocycles. The van der Waals surface area contributed by atoms with E-state index in [4.69, 9.17) is 24.4 Å². The Morgan fingerprint density at radius 1 is 0.375 bits per heavy atom. The first-order chi connectivity index (χ1) is 21.3. The number of ether oxygens (including phenoxy) is 4. The topological polar surface area (TPSA) is 36.9 Å². The van der Waals surface area contributed by atoms with Crippen molar-refractivity contribution < 1.29 is 24.4 Å². The van der Waals surface area contributed by atoms with Crippen LogP contribution in [0.3, 0.4) is 0 Å². The molecular weight excluding hydrogens is 496 g/mol. The van der Waals surface area contributed by atoms with Gasteiger partial charge >= 0.3 is 0 Å². The maximum absolute atomic E-state index is 9.16. The van der Waals surface area contributed by atoms with Gasteiger partial charge < -0.3 is 18.9 Å². The lowest BCUT2D eigenvalue weighted by atomic mass is 10.2. The van der Waals surface area contributed by atoms with E-state index in [0.717, 1.165) is 0 Å². The standard InChI is InChI=1S/C36H34O4/c1-5-13-21-31(22-14-6-1)37-29-35(39-33-25-17-9-3-10-18-26-33)36(40-34-27-19-11-4-12-20-28-34)30-38-32-23-15-7-2-8-16-24-32/h1-28,35-36H,29-30H2/b5-1-,6-1?,7-2-,8-2?,9-3-,10-3?,11-4-,12-4?,13-5?,14-6-,15-7?,16-8-,17-9?,18-10-,19-11?,20-12-,21-13-,22-14?,23-15-,24-16?,25-17-,26-18?,27-19-,28-20?,31-21?,31-22+,32-23?,32-24+,33-25?,33-26+,34-27?,34-28+/i29D2,30D2. The van der Waals surface area contributed by atoms with E-state index in [1.165, 1.54) is 0 Å². The summed E-state index contributed by atoms with van der Waals surface area (Å²) >= 11 is 0. The third kappa shape index (κ3) is 10.4. The minimum absolute atomic E-state index is 0.204. The molecule has 0 aromatic carbocycles. The van der Waals surface area contributed by atoms with Crippen molar-refractivity contribution in [3.63, 3.8) is 0 Å². The first kappa shape index (κ1) is 23.0. The second kappa shape index (κ2) is 16.8. The Labute approximate surface area is 243 Å². The van der Waals surface area contributed by atoms with E-state index in [0.29, 0.717) is 0 Å². The fraction of sp³-hybridized carbons (Fsp3) is 0.111. The molecule has 0 aromatic rings. The molecule has 0 fully saturated rings. The van der Waals surface area contributed by atoms with Crippen molar-refractivity contribution in [3.8, 4) is 0 Å². The smallest absolute Gasteiger partial charge is 0.172 e. The zero-order chi connectivity index (χ0) is 31.1. The van der Waals surface area contributed by atoms with Crippen molar-refractivity contribution in [2.24, 2.45) is 0 Å². The summed E-state index contributed by atoms with van der Waals surface area (Å²) in [6.07, 6.45) is 45.2. The first-order valence-corrected chi connectivity index (χ1v) is 12.9. The molecule has 40 heavy (non-hydrogen) atoms. The largest absolute Gasteiger partial charge is 0.490 e. The van der Waals surface area contributed by atoms with Crippen molar-refractivity contribution in [1.29, 1.82) is 0 Å². The highest BCUT2D eigenvalue weighted by Gasteiger charge is 2.28. The van der Waals surface area contributed by atoms with Gasteiger partial charge in [-0.1, -0.05) is 122 Å². The predicted molar refractivity (Wildman–Crippen MR) is 164 cm³/mol. The minimum atomic E-state index is -2.64. The summed E-state index contributed by atoms with van der Waals surface area (Å²) in [5, 5.41) is 0. The summed E-state index contributed by atoms with van der Waals surface area (Å²) in [4.78, 5) is 0. The molecule has 0 aromatic heterocycles. The van der Waals surface area contributed by atoms with E-state index < -0.39 is 25.3 Å². The van der Waals surface area contributed by atoms with Crippen LogP contribution < -0.4 is 0 Å². The second-order valence-corrected chi connectivity index (χ2v) is 8.31. The Morgan fingerprint density at radius 2 is 0.650 bits per heavy atom. The summed E-state index contributed by atoms with van der Waals surface area (Å²) < 4.78 is 61.0. The quantitative estimate of drug-likeness (QED) is 0.269. The van der Waals surface area contributed by atoms with Crippen LogP contribution >= 0.6 is 0 Å². The summed E-state index contributed by atoms with van der Waals surface area (Å²) in [6.45, 7) is -5.28. The Kier molecular flexibility index (Phi) is 9.64. The summed E-state index contributed by atoms with van der Waals surface area (Å²) in [6, 6.07) is 0. The average molecular weight is 535 g/mol. The molecule has 4 aliphatic carbocycles. The lowest BCUT2D eigenvalue weighted by Gasteiger charge is -2.29. The van der Waals surface area contributed by atoms with Crippen LogP contribution in [0.15, 0.2) is 193 Å². The molecule has 0 radical (unpaired) electrons. The maximum atomic E-state index is 9.16. The number of allylic oxidation sites excluding steroid dienone is 28. The third-order valence-corrected chi connectivity index (χ3v) is 5.25. The van der Waals surface area contributed by atoms with Gasteiger partial charge in [0.05, 0.1) is 5.48 Å². The summed E-state index contributed by atoms with van der Waals surface area (Å²) in [5.74, 6) is 0.937. The van der Waals surface area contributed by atoms with Gasteiger partial charge in [-0.2, -0.15) is 0 Å². The van der Waals surface area contributed by atoms with Gasteiger partial charge in [0.2, 0.25) is 0 Å². The molecule has 0 saturated heterocycles. The van der Waals surface area contributed by atoms with E-state index >= 15 is 0 Å². The summed E-state index contributed by atoms with van der Waals surface area (Å²) in [5.41, 5.74) is 0. The van der Waals surface area contributed by atoms with Crippen molar-refractivity contribution in [2.75, 3.05) is 13.1 Å². The monoisotopic (exact) mass is 534 g/mol. The maximum Gasteiger partial charge on any atom is 0.172 e. The fourth-order valence-corrected chi connectivity index (χ4v) is 3.33. The Bertz CT molecular complexity index is 1400. The Hall–Kier alpha value is -4.96. The normalized spacial score (nSPS) is 35.9. The third-order valence-electron chi connectivity index (χ3n) is 5.25. The van der Waals surface area contributed by atoms with Gasteiger partial charge in [-0.3, -0.25) is 0 Å². The van der Waals surface area contributed by atoms with E-state index in [2.05, 4.69) is 0 Å². The lowest BCUT2D eigenvalue weighted by Crippen LogP contribution is -2.38. The fourth-order valence-electron chi connectivity index (χ4n) is 3.33. The second-order valence-electron chi connectivity index (χ2n) is 8.31. The van der Waals surface area contributed by atoms with Gasteiger partial charge in [-0.25, -0.2) is 0 Å². The molecule has 0 N–H and O–H groups in total.